The Balaban J connectivity index is 3.16. The van der Waals surface area contributed by atoms with E-state index in [1.807, 2.05) is 0 Å². The summed E-state index contributed by atoms with van der Waals surface area (Å²) >= 11 is 0. The first-order valence-electron chi connectivity index (χ1n) is 4.84. The van der Waals surface area contributed by atoms with E-state index in [0.29, 0.717) is 12.1 Å². The van der Waals surface area contributed by atoms with Crippen molar-refractivity contribution in [3.8, 4) is 0 Å². The quantitative estimate of drug-likeness (QED) is 0.600. The highest BCUT2D eigenvalue weighted by molar-refractivity contribution is 7.89. The highest BCUT2D eigenvalue weighted by Crippen LogP contribution is 2.20. The number of rotatable bonds is 5. The van der Waals surface area contributed by atoms with Crippen LogP contribution in [0.1, 0.15) is 6.92 Å². The first kappa shape index (κ1) is 15.0. The van der Waals surface area contributed by atoms with Crippen molar-refractivity contribution in [2.75, 3.05) is 0 Å². The Hall–Kier alpha value is -2.07. The zero-order valence-electron chi connectivity index (χ0n) is 9.53. The number of sulfonamides is 1. The van der Waals surface area contributed by atoms with Crippen LogP contribution in [0.25, 0.3) is 0 Å². The summed E-state index contributed by atoms with van der Waals surface area (Å²) < 4.78 is 38.5. The number of aliphatic carboxylic acids is 1. The van der Waals surface area contributed by atoms with Crippen LogP contribution in [0.5, 0.6) is 0 Å². The van der Waals surface area contributed by atoms with Crippen molar-refractivity contribution in [1.29, 1.82) is 0 Å². The van der Waals surface area contributed by atoms with Gasteiger partial charge in [-0.15, -0.1) is 0 Å². The zero-order valence-corrected chi connectivity index (χ0v) is 10.3. The topological polar surface area (TPSA) is 127 Å². The van der Waals surface area contributed by atoms with Crippen LogP contribution in [0.3, 0.4) is 0 Å². The Morgan fingerprint density at radius 1 is 1.53 bits per heavy atom. The van der Waals surface area contributed by atoms with Gasteiger partial charge in [-0.25, -0.2) is 12.8 Å². The molecule has 0 aliphatic rings. The van der Waals surface area contributed by atoms with Gasteiger partial charge in [0.15, 0.2) is 0 Å². The van der Waals surface area contributed by atoms with Gasteiger partial charge in [0.2, 0.25) is 10.0 Å². The molecular formula is C9H9FN2O6S. The highest BCUT2D eigenvalue weighted by atomic mass is 32.2. The average molecular weight is 292 g/mol. The van der Waals surface area contributed by atoms with E-state index in [1.54, 1.807) is 4.72 Å². The number of carboxylic acids is 1. The number of nitrogens with one attached hydrogen (secondary N) is 1. The largest absolute Gasteiger partial charge is 0.480 e. The molecule has 19 heavy (non-hydrogen) atoms. The minimum absolute atomic E-state index is 0.444. The molecule has 1 rings (SSSR count). The van der Waals surface area contributed by atoms with Gasteiger partial charge >= 0.3 is 5.97 Å². The predicted octanol–water partition coefficient (Wildman–Crippen LogP) is 0.485. The van der Waals surface area contributed by atoms with Gasteiger partial charge in [-0.1, -0.05) is 0 Å². The fourth-order valence-corrected chi connectivity index (χ4v) is 2.42. The van der Waals surface area contributed by atoms with Gasteiger partial charge in [-0.2, -0.15) is 4.72 Å². The maximum atomic E-state index is 13.5. The number of carboxylic acid groups (broad SMARTS) is 1. The van der Waals surface area contributed by atoms with Crippen molar-refractivity contribution in [3.63, 3.8) is 0 Å². The third-order valence-corrected chi connectivity index (χ3v) is 3.69. The van der Waals surface area contributed by atoms with Crippen molar-refractivity contribution in [2.24, 2.45) is 0 Å². The molecular weight excluding hydrogens is 283 g/mol. The summed E-state index contributed by atoms with van der Waals surface area (Å²) in [5, 5.41) is 18.9. The van der Waals surface area contributed by atoms with E-state index < -0.39 is 43.4 Å². The average Bonchev–Trinajstić information content (AvgIpc) is 2.27. The summed E-state index contributed by atoms with van der Waals surface area (Å²) in [5.41, 5.74) is -0.609. The lowest BCUT2D eigenvalue weighted by Gasteiger charge is -2.10. The number of hydrogen-bond acceptors (Lipinski definition) is 5. The van der Waals surface area contributed by atoms with Gasteiger partial charge in [-0.05, 0) is 13.0 Å². The Bertz CT molecular complexity index is 630. The number of nitrogens with zero attached hydrogens (tertiary/aromatic N) is 1. The molecule has 0 amide bonds. The summed E-state index contributed by atoms with van der Waals surface area (Å²) in [7, 11) is -4.41. The van der Waals surface area contributed by atoms with Crippen LogP contribution in [0.4, 0.5) is 10.1 Å². The fourth-order valence-electron chi connectivity index (χ4n) is 1.17. The smallest absolute Gasteiger partial charge is 0.321 e. The van der Waals surface area contributed by atoms with Crippen LogP contribution in [0.15, 0.2) is 23.1 Å². The molecule has 0 saturated carbocycles. The SMILES string of the molecule is C[C@@H](NS(=O)(=O)c1ccc([N+](=O)[O-])cc1F)C(=O)O. The van der Waals surface area contributed by atoms with Crippen LogP contribution in [-0.4, -0.2) is 30.5 Å². The number of nitro benzene ring substituents is 1. The molecule has 0 saturated heterocycles. The molecule has 2 N–H and O–H groups in total. The summed E-state index contributed by atoms with van der Waals surface area (Å²) in [6, 6.07) is 0.493. The molecule has 1 atom stereocenters. The van der Waals surface area contributed by atoms with Crippen molar-refractivity contribution in [2.45, 2.75) is 17.9 Å². The molecule has 1 aromatic rings. The van der Waals surface area contributed by atoms with E-state index in [1.165, 1.54) is 0 Å². The van der Waals surface area contributed by atoms with Crippen LogP contribution in [0.2, 0.25) is 0 Å². The molecule has 0 unspecified atom stereocenters. The molecule has 0 aliphatic heterocycles. The third-order valence-electron chi connectivity index (χ3n) is 2.12. The summed E-state index contributed by atoms with van der Waals surface area (Å²) in [4.78, 5) is 19.2. The maximum Gasteiger partial charge on any atom is 0.321 e. The Morgan fingerprint density at radius 3 is 2.53 bits per heavy atom. The Morgan fingerprint density at radius 2 is 2.11 bits per heavy atom. The first-order chi connectivity index (χ1) is 8.65. The van der Waals surface area contributed by atoms with Crippen molar-refractivity contribution < 1.29 is 27.6 Å². The summed E-state index contributed by atoms with van der Waals surface area (Å²) in [6.45, 7) is 1.06. The lowest BCUT2D eigenvalue weighted by molar-refractivity contribution is -0.385. The molecule has 0 bridgehead atoms. The third kappa shape index (κ3) is 3.45. The van der Waals surface area contributed by atoms with Crippen LogP contribution >= 0.6 is 0 Å². The van der Waals surface area contributed by atoms with Gasteiger partial charge in [0, 0.05) is 6.07 Å². The van der Waals surface area contributed by atoms with E-state index in [4.69, 9.17) is 5.11 Å². The number of hydrogen-bond donors (Lipinski definition) is 2. The molecule has 8 nitrogen and oxygen atoms in total. The second-order valence-corrected chi connectivity index (χ2v) is 5.24. The van der Waals surface area contributed by atoms with Gasteiger partial charge in [-0.3, -0.25) is 14.9 Å². The molecule has 0 spiro atoms. The number of halogens is 1. The standard InChI is InChI=1S/C9H9FN2O6S/c1-5(9(13)14)11-19(17,18)8-3-2-6(12(15)16)4-7(8)10/h2-5,11H,1H3,(H,13,14)/t5-/m1/s1. The predicted molar refractivity (Wildman–Crippen MR) is 60.5 cm³/mol. The summed E-state index contributed by atoms with van der Waals surface area (Å²) in [6.07, 6.45) is 0. The summed E-state index contributed by atoms with van der Waals surface area (Å²) in [5.74, 6) is -2.77. The number of carbonyl (C=O) groups is 1. The molecule has 0 heterocycles. The Labute approximate surface area is 107 Å². The molecule has 104 valence electrons. The lowest BCUT2D eigenvalue weighted by Crippen LogP contribution is -2.38. The van der Waals surface area contributed by atoms with Gasteiger partial charge in [0.1, 0.15) is 16.8 Å². The fraction of sp³-hybridized carbons (Fsp3) is 0.222. The van der Waals surface area contributed by atoms with E-state index in [2.05, 4.69) is 0 Å². The number of nitro groups is 1. The van der Waals surface area contributed by atoms with Gasteiger partial charge in [0.25, 0.3) is 5.69 Å². The monoisotopic (exact) mass is 292 g/mol. The number of benzene rings is 1. The van der Waals surface area contributed by atoms with Crippen molar-refractivity contribution in [1.82, 2.24) is 4.72 Å². The number of non-ortho nitro benzene ring substituents is 1. The van der Waals surface area contributed by atoms with Gasteiger partial charge < -0.3 is 5.11 Å². The minimum Gasteiger partial charge on any atom is -0.480 e. The van der Waals surface area contributed by atoms with Gasteiger partial charge in [0.05, 0.1) is 11.0 Å². The van der Waals surface area contributed by atoms with E-state index in [0.717, 1.165) is 13.0 Å². The normalized spacial score (nSPS) is 12.9. The maximum absolute atomic E-state index is 13.5. The zero-order chi connectivity index (χ0) is 14.8. The molecule has 0 radical (unpaired) electrons. The Kier molecular flexibility index (Phi) is 4.17. The minimum atomic E-state index is -4.41. The van der Waals surface area contributed by atoms with E-state index >= 15 is 0 Å². The van der Waals surface area contributed by atoms with E-state index in [-0.39, 0.29) is 0 Å². The highest BCUT2D eigenvalue weighted by Gasteiger charge is 2.25. The van der Waals surface area contributed by atoms with Crippen LogP contribution < -0.4 is 4.72 Å². The van der Waals surface area contributed by atoms with Crippen LogP contribution in [-0.2, 0) is 14.8 Å². The molecule has 0 aliphatic carbocycles. The second-order valence-electron chi connectivity index (χ2n) is 3.55. The lowest BCUT2D eigenvalue weighted by atomic mass is 10.3. The van der Waals surface area contributed by atoms with Crippen LogP contribution in [0, 0.1) is 15.9 Å². The molecule has 0 fully saturated rings. The van der Waals surface area contributed by atoms with Crippen molar-refractivity contribution >= 4 is 21.7 Å². The molecule has 10 heteroatoms. The van der Waals surface area contributed by atoms with E-state index in [9.17, 15) is 27.7 Å². The molecule has 0 aromatic heterocycles. The molecule has 1 aromatic carbocycles. The first-order valence-corrected chi connectivity index (χ1v) is 6.32. The van der Waals surface area contributed by atoms with Crippen molar-refractivity contribution in [3.05, 3.63) is 34.1 Å². The second kappa shape index (κ2) is 5.28.